The van der Waals surface area contributed by atoms with E-state index in [-0.39, 0.29) is 17.4 Å². The van der Waals surface area contributed by atoms with Gasteiger partial charge in [-0.25, -0.2) is 4.79 Å². The van der Waals surface area contributed by atoms with Crippen molar-refractivity contribution in [3.05, 3.63) is 79.1 Å². The Morgan fingerprint density at radius 1 is 0.694 bits per heavy atom. The summed E-state index contributed by atoms with van der Waals surface area (Å²) in [5.74, 6) is 2.89. The molecular formula is C49H64I6N2O5. The van der Waals surface area contributed by atoms with Crippen LogP contribution in [0.4, 0.5) is 0 Å². The minimum atomic E-state index is -0.891. The van der Waals surface area contributed by atoms with E-state index in [1.54, 1.807) is 0 Å². The standard InChI is InChI=1S/C49H64I6N2O5/c1-28(2)14-11-15-29(3)16-12-17-30(4)18-13-21-49(8)22-20-36-33(7)44(31(5)32(6)45(36)62-49)61-48(60)41(57-47(59)38-25-35(51)27-40(53)43(38)55)19-9-10-23-56-46(58)37-24-34(50)26-39(52)42(37)54/h24-30,41H,9-23H2,1-8H3,(H,56,58)(H,57,59). The molecule has 0 fully saturated rings. The molecule has 0 bridgehead atoms. The predicted octanol–water partition coefficient (Wildman–Crippen LogP) is 15.1. The number of fused-ring (bicyclic) bond motifs is 1. The number of ether oxygens (including phenoxy) is 2. The molecule has 62 heavy (non-hydrogen) atoms. The fourth-order valence-corrected chi connectivity index (χ4v) is 13.1. The monoisotopic (exact) mass is 1520 g/mol. The zero-order valence-corrected chi connectivity index (χ0v) is 50.5. The lowest BCUT2D eigenvalue weighted by Gasteiger charge is -2.38. The maximum atomic E-state index is 14.2. The third kappa shape index (κ3) is 16.2. The van der Waals surface area contributed by atoms with Crippen LogP contribution in [0.3, 0.4) is 0 Å². The van der Waals surface area contributed by atoms with E-state index in [0.717, 1.165) is 92.9 Å². The summed E-state index contributed by atoms with van der Waals surface area (Å²) in [7, 11) is 0. The molecule has 2 N–H and O–H groups in total. The summed E-state index contributed by atoms with van der Waals surface area (Å²) >= 11 is 13.3. The Balaban J connectivity index is 1.41. The summed E-state index contributed by atoms with van der Waals surface area (Å²) in [6.45, 7) is 18.3. The highest BCUT2D eigenvalue weighted by atomic mass is 127. The zero-order chi connectivity index (χ0) is 45.9. The molecule has 2 amide bonds. The summed E-state index contributed by atoms with van der Waals surface area (Å²) in [6, 6.07) is 6.92. The van der Waals surface area contributed by atoms with Crippen LogP contribution in [-0.4, -0.2) is 36.0 Å². The summed E-state index contributed by atoms with van der Waals surface area (Å²) < 4.78 is 18.9. The van der Waals surface area contributed by atoms with Crippen molar-refractivity contribution in [2.45, 2.75) is 157 Å². The molecule has 4 atom stereocenters. The molecule has 13 heteroatoms. The molecule has 1 aliphatic heterocycles. The minimum Gasteiger partial charge on any atom is -0.487 e. The van der Waals surface area contributed by atoms with E-state index in [1.807, 2.05) is 38.1 Å². The number of halogens is 6. The van der Waals surface area contributed by atoms with Crippen LogP contribution in [0.1, 0.15) is 161 Å². The van der Waals surface area contributed by atoms with Gasteiger partial charge in [0, 0.05) is 33.5 Å². The molecule has 0 saturated heterocycles. The van der Waals surface area contributed by atoms with E-state index in [0.29, 0.717) is 42.7 Å². The smallest absolute Gasteiger partial charge is 0.334 e. The molecule has 7 nitrogen and oxygen atoms in total. The topological polar surface area (TPSA) is 93.7 Å². The average molecular weight is 1520 g/mol. The van der Waals surface area contributed by atoms with Crippen molar-refractivity contribution in [1.82, 2.24) is 10.6 Å². The molecular weight excluding hydrogens is 1460 g/mol. The van der Waals surface area contributed by atoms with Gasteiger partial charge < -0.3 is 20.1 Å². The van der Waals surface area contributed by atoms with Crippen LogP contribution in [-0.2, 0) is 11.2 Å². The number of hydrogen-bond donors (Lipinski definition) is 2. The highest BCUT2D eigenvalue weighted by Gasteiger charge is 2.35. The van der Waals surface area contributed by atoms with E-state index in [9.17, 15) is 14.4 Å². The maximum absolute atomic E-state index is 14.2. The summed E-state index contributed by atoms with van der Waals surface area (Å²) in [4.78, 5) is 41.1. The van der Waals surface area contributed by atoms with Gasteiger partial charge in [-0.15, -0.1) is 0 Å². The van der Waals surface area contributed by atoms with Crippen LogP contribution >= 0.6 is 136 Å². The van der Waals surface area contributed by atoms with Crippen LogP contribution in [0.25, 0.3) is 0 Å². The van der Waals surface area contributed by atoms with Crippen LogP contribution in [0.5, 0.6) is 11.5 Å². The van der Waals surface area contributed by atoms with Gasteiger partial charge in [-0.3, -0.25) is 9.59 Å². The molecule has 0 aliphatic carbocycles. The SMILES string of the molecule is Cc1c(C)c2c(c(C)c1OC(=O)C(CCCCNC(=O)c1cc(I)cc(I)c1I)NC(=O)c1cc(I)cc(I)c1I)CCC(C)(CCCC(C)CCCC(C)CCCC(C)C)O2. The maximum Gasteiger partial charge on any atom is 0.334 e. The van der Waals surface area contributed by atoms with Crippen molar-refractivity contribution >= 4 is 153 Å². The first-order chi connectivity index (χ1) is 29.2. The molecule has 0 radical (unpaired) electrons. The van der Waals surface area contributed by atoms with Crippen molar-refractivity contribution in [3.63, 3.8) is 0 Å². The Morgan fingerprint density at radius 3 is 1.82 bits per heavy atom. The van der Waals surface area contributed by atoms with E-state index in [1.165, 1.54) is 44.9 Å². The van der Waals surface area contributed by atoms with Crippen molar-refractivity contribution in [3.8, 4) is 11.5 Å². The molecule has 342 valence electrons. The fourth-order valence-electron chi connectivity index (χ4n) is 8.28. The number of carbonyl (C=O) groups excluding carboxylic acids is 3. The lowest BCUT2D eigenvalue weighted by atomic mass is 9.83. The number of nitrogens with one attached hydrogen (secondary N) is 2. The van der Waals surface area contributed by atoms with Gasteiger partial charge in [0.1, 0.15) is 23.1 Å². The highest BCUT2D eigenvalue weighted by Crippen LogP contribution is 2.45. The van der Waals surface area contributed by atoms with Crippen molar-refractivity contribution in [2.75, 3.05) is 6.54 Å². The Bertz CT molecular complexity index is 2060. The molecule has 4 unspecified atom stereocenters. The second-order valence-electron chi connectivity index (χ2n) is 18.1. The molecule has 0 saturated carbocycles. The second-order valence-corrected chi connectivity index (χ2v) is 25.1. The van der Waals surface area contributed by atoms with Gasteiger partial charge in [0.05, 0.1) is 11.1 Å². The minimum absolute atomic E-state index is 0.121. The lowest BCUT2D eigenvalue weighted by Crippen LogP contribution is -2.43. The van der Waals surface area contributed by atoms with Gasteiger partial charge in [0.25, 0.3) is 11.8 Å². The Hall–Kier alpha value is 0.250. The molecule has 4 rings (SSSR count). The number of unbranched alkanes of at least 4 members (excludes halogenated alkanes) is 1. The quantitative estimate of drug-likeness (QED) is 0.0344. The third-order valence-corrected chi connectivity index (χ3v) is 19.6. The molecule has 0 aromatic heterocycles. The first-order valence-corrected chi connectivity index (χ1v) is 28.6. The van der Waals surface area contributed by atoms with Gasteiger partial charge in [0.2, 0.25) is 0 Å². The molecule has 3 aromatic carbocycles. The number of esters is 1. The average Bonchev–Trinajstić information content (AvgIpc) is 3.20. The first kappa shape index (κ1) is 54.9. The Labute approximate surface area is 453 Å². The zero-order valence-electron chi connectivity index (χ0n) is 37.5. The molecule has 1 aliphatic rings. The predicted molar refractivity (Wildman–Crippen MR) is 305 cm³/mol. The van der Waals surface area contributed by atoms with Gasteiger partial charge in [-0.05, 0) is 267 Å². The number of benzene rings is 3. The van der Waals surface area contributed by atoms with E-state index in [4.69, 9.17) is 9.47 Å². The Kier molecular flexibility index (Phi) is 23.1. The number of rotatable bonds is 22. The van der Waals surface area contributed by atoms with E-state index in [2.05, 4.69) is 188 Å². The Morgan fingerprint density at radius 2 is 1.24 bits per heavy atom. The highest BCUT2D eigenvalue weighted by molar-refractivity contribution is 14.1. The summed E-state index contributed by atoms with van der Waals surface area (Å²) in [5, 5.41) is 6.08. The summed E-state index contributed by atoms with van der Waals surface area (Å²) in [6.07, 6.45) is 14.7. The van der Waals surface area contributed by atoms with E-state index >= 15 is 0 Å². The van der Waals surface area contributed by atoms with Crippen molar-refractivity contribution < 1.29 is 23.9 Å². The lowest BCUT2D eigenvalue weighted by molar-refractivity contribution is -0.136. The molecule has 3 aromatic rings. The summed E-state index contributed by atoms with van der Waals surface area (Å²) in [5.41, 5.74) is 4.82. The van der Waals surface area contributed by atoms with Gasteiger partial charge in [0.15, 0.2) is 0 Å². The van der Waals surface area contributed by atoms with Crippen LogP contribution in [0.15, 0.2) is 24.3 Å². The number of hydrogen-bond acceptors (Lipinski definition) is 5. The van der Waals surface area contributed by atoms with Crippen LogP contribution < -0.4 is 20.1 Å². The van der Waals surface area contributed by atoms with Crippen molar-refractivity contribution in [1.29, 1.82) is 0 Å². The second kappa shape index (κ2) is 26.1. The molecule has 0 spiro atoms. The fraction of sp³-hybridized carbons (Fsp3) is 0.571. The van der Waals surface area contributed by atoms with Gasteiger partial charge in [-0.1, -0.05) is 72.6 Å². The molecule has 1 heterocycles. The number of amides is 2. The van der Waals surface area contributed by atoms with Gasteiger partial charge in [-0.2, -0.15) is 0 Å². The van der Waals surface area contributed by atoms with Gasteiger partial charge >= 0.3 is 5.97 Å². The van der Waals surface area contributed by atoms with E-state index < -0.39 is 12.0 Å². The normalized spacial score (nSPS) is 16.3. The number of carbonyl (C=O) groups is 3. The first-order valence-electron chi connectivity index (χ1n) is 22.1. The third-order valence-electron chi connectivity index (χ3n) is 12.3. The van der Waals surface area contributed by atoms with Crippen LogP contribution in [0, 0.1) is 59.9 Å². The van der Waals surface area contributed by atoms with Crippen molar-refractivity contribution in [2.24, 2.45) is 17.8 Å². The van der Waals surface area contributed by atoms with Crippen LogP contribution in [0.2, 0.25) is 0 Å². The largest absolute Gasteiger partial charge is 0.487 e.